The highest BCUT2D eigenvalue weighted by Crippen LogP contribution is 2.27. The fraction of sp³-hybridized carbons (Fsp3) is 0.375. The molecule has 7 heteroatoms. The molecule has 0 saturated heterocycles. The molecule has 0 fully saturated rings. The first-order chi connectivity index (χ1) is 10.9. The predicted octanol–water partition coefficient (Wildman–Crippen LogP) is 5.93. The number of anilines is 1. The van der Waals surface area contributed by atoms with Crippen molar-refractivity contribution in [1.82, 2.24) is 4.74 Å². The molecular weight excluding hydrogens is 368 g/mol. The van der Waals surface area contributed by atoms with Crippen LogP contribution in [0.15, 0.2) is 33.7 Å². The third-order valence-electron chi connectivity index (χ3n) is 3.22. The summed E-state index contributed by atoms with van der Waals surface area (Å²) in [5, 5.41) is 1.22. The standard InChI is InChI=1S/C16H19ClN2OS3/c1-5-23-14-11(4)20-19(15(14)21)16(22)18(10(2)3)13-8-6-12(17)7-9-13/h6-10H,5H2,1-4H3. The Labute approximate surface area is 156 Å². The normalized spacial score (nSPS) is 11.0. The molecule has 0 N–H and O–H groups in total. The van der Waals surface area contributed by atoms with Gasteiger partial charge in [0, 0.05) is 16.8 Å². The number of aryl methyl sites for hydroxylation is 1. The molecule has 0 aliphatic heterocycles. The smallest absolute Gasteiger partial charge is 0.217 e. The zero-order chi connectivity index (χ0) is 17.1. The Kier molecular flexibility index (Phi) is 6.31. The average molecular weight is 387 g/mol. The van der Waals surface area contributed by atoms with E-state index in [1.54, 1.807) is 16.5 Å². The molecule has 1 aromatic heterocycles. The molecular formula is C16H19ClN2OS3. The van der Waals surface area contributed by atoms with Crippen molar-refractivity contribution in [3.8, 4) is 0 Å². The zero-order valence-corrected chi connectivity index (χ0v) is 16.7. The van der Waals surface area contributed by atoms with Crippen molar-refractivity contribution in [3.05, 3.63) is 39.7 Å². The Morgan fingerprint density at radius 3 is 2.48 bits per heavy atom. The first-order valence-electron chi connectivity index (χ1n) is 7.31. The molecule has 0 amide bonds. The van der Waals surface area contributed by atoms with E-state index < -0.39 is 0 Å². The van der Waals surface area contributed by atoms with Crippen LogP contribution in [0.5, 0.6) is 0 Å². The molecule has 124 valence electrons. The molecule has 1 heterocycles. The largest absolute Gasteiger partial charge is 0.375 e. The Morgan fingerprint density at radius 1 is 1.35 bits per heavy atom. The lowest BCUT2D eigenvalue weighted by Gasteiger charge is -2.28. The van der Waals surface area contributed by atoms with Crippen molar-refractivity contribution in [2.45, 2.75) is 38.6 Å². The summed E-state index contributed by atoms with van der Waals surface area (Å²) in [4.78, 5) is 2.98. The van der Waals surface area contributed by atoms with Crippen LogP contribution in [0.25, 0.3) is 0 Å². The molecule has 2 aromatic rings. The maximum absolute atomic E-state index is 5.98. The van der Waals surface area contributed by atoms with E-state index in [-0.39, 0.29) is 6.04 Å². The second-order valence-electron chi connectivity index (χ2n) is 5.23. The minimum Gasteiger partial charge on any atom is -0.375 e. The van der Waals surface area contributed by atoms with Gasteiger partial charge in [-0.25, -0.2) is 0 Å². The zero-order valence-electron chi connectivity index (χ0n) is 13.5. The molecule has 0 radical (unpaired) electrons. The number of hydrogen-bond donors (Lipinski definition) is 0. The highest BCUT2D eigenvalue weighted by Gasteiger charge is 2.22. The van der Waals surface area contributed by atoms with Crippen LogP contribution in [0.4, 0.5) is 5.69 Å². The number of thioether (sulfide) groups is 1. The quantitative estimate of drug-likeness (QED) is 0.478. The molecule has 0 spiro atoms. The van der Waals surface area contributed by atoms with Crippen LogP contribution in [0.3, 0.4) is 0 Å². The van der Waals surface area contributed by atoms with E-state index in [0.29, 0.717) is 14.8 Å². The molecule has 2 rings (SSSR count). The summed E-state index contributed by atoms with van der Waals surface area (Å²) in [5.74, 6) is 1.73. The van der Waals surface area contributed by atoms with Crippen LogP contribution in [0.1, 0.15) is 26.5 Å². The van der Waals surface area contributed by atoms with Crippen molar-refractivity contribution in [2.24, 2.45) is 0 Å². The summed E-state index contributed by atoms with van der Waals surface area (Å²) in [6.45, 7) is 8.14. The number of halogens is 1. The van der Waals surface area contributed by atoms with Gasteiger partial charge in [-0.1, -0.05) is 30.7 Å². The predicted molar refractivity (Wildman–Crippen MR) is 106 cm³/mol. The van der Waals surface area contributed by atoms with Crippen molar-refractivity contribution < 1.29 is 4.52 Å². The first-order valence-corrected chi connectivity index (χ1v) is 9.49. The van der Waals surface area contributed by atoms with E-state index in [2.05, 4.69) is 20.8 Å². The number of rotatable bonds is 4. The molecule has 23 heavy (non-hydrogen) atoms. The van der Waals surface area contributed by atoms with Crippen LogP contribution < -0.4 is 4.90 Å². The van der Waals surface area contributed by atoms with Crippen LogP contribution in [-0.2, 0) is 0 Å². The van der Waals surface area contributed by atoms with E-state index in [4.69, 9.17) is 40.6 Å². The van der Waals surface area contributed by atoms with Gasteiger partial charge in [0.1, 0.15) is 5.76 Å². The van der Waals surface area contributed by atoms with Crippen molar-refractivity contribution in [3.63, 3.8) is 0 Å². The Bertz CT molecular complexity index is 750. The van der Waals surface area contributed by atoms with Gasteiger partial charge < -0.3 is 9.42 Å². The van der Waals surface area contributed by atoms with Gasteiger partial charge in [0.15, 0.2) is 4.64 Å². The van der Waals surface area contributed by atoms with Gasteiger partial charge in [0.05, 0.1) is 4.90 Å². The van der Waals surface area contributed by atoms with E-state index in [1.807, 2.05) is 36.1 Å². The summed E-state index contributed by atoms with van der Waals surface area (Å²) in [7, 11) is 0. The Hall–Kier alpha value is -0.820. The third-order valence-corrected chi connectivity index (χ3v) is 5.39. The van der Waals surface area contributed by atoms with Gasteiger partial charge >= 0.3 is 0 Å². The summed E-state index contributed by atoms with van der Waals surface area (Å²) >= 11 is 18.9. The summed E-state index contributed by atoms with van der Waals surface area (Å²) in [6.07, 6.45) is 0. The molecule has 3 nitrogen and oxygen atoms in total. The van der Waals surface area contributed by atoms with E-state index in [1.165, 1.54) is 0 Å². The van der Waals surface area contributed by atoms with Gasteiger partial charge in [0.2, 0.25) is 5.11 Å². The minimum absolute atomic E-state index is 0.151. The Morgan fingerprint density at radius 2 is 1.96 bits per heavy atom. The van der Waals surface area contributed by atoms with Gasteiger partial charge in [0.25, 0.3) is 0 Å². The number of benzene rings is 1. The lowest BCUT2D eigenvalue weighted by atomic mass is 10.2. The minimum atomic E-state index is 0.151. The van der Waals surface area contributed by atoms with Crippen LogP contribution in [0.2, 0.25) is 5.02 Å². The van der Waals surface area contributed by atoms with E-state index in [9.17, 15) is 0 Å². The fourth-order valence-electron chi connectivity index (χ4n) is 2.23. The monoisotopic (exact) mass is 386 g/mol. The van der Waals surface area contributed by atoms with Gasteiger partial charge in [-0.3, -0.25) is 0 Å². The molecule has 1 aromatic carbocycles. The summed E-state index contributed by atoms with van der Waals surface area (Å²) in [6, 6.07) is 7.73. The highest BCUT2D eigenvalue weighted by molar-refractivity contribution is 7.99. The van der Waals surface area contributed by atoms with E-state index in [0.717, 1.165) is 22.1 Å². The summed E-state index contributed by atoms with van der Waals surface area (Å²) in [5.41, 5.74) is 0.954. The lowest BCUT2D eigenvalue weighted by molar-refractivity contribution is 0.341. The SMILES string of the molecule is CCSc1c(C)on(C(=S)N(c2ccc(Cl)cc2)C(C)C)c1=S. The van der Waals surface area contributed by atoms with Crippen molar-refractivity contribution >= 4 is 58.6 Å². The second kappa shape index (κ2) is 7.83. The maximum Gasteiger partial charge on any atom is 0.217 e. The number of aromatic nitrogens is 1. The van der Waals surface area contributed by atoms with Crippen LogP contribution in [-0.4, -0.2) is 21.6 Å². The van der Waals surface area contributed by atoms with Crippen molar-refractivity contribution in [2.75, 3.05) is 10.7 Å². The molecule has 0 atom stereocenters. The van der Waals surface area contributed by atoms with E-state index >= 15 is 0 Å². The lowest BCUT2D eigenvalue weighted by Crippen LogP contribution is -2.39. The highest BCUT2D eigenvalue weighted by atomic mass is 35.5. The first kappa shape index (κ1) is 18.5. The molecule has 0 saturated carbocycles. The number of nitrogens with zero attached hydrogens (tertiary/aromatic N) is 2. The number of thiocarbonyl (C=S) groups is 1. The topological polar surface area (TPSA) is 21.3 Å². The van der Waals surface area contributed by atoms with Gasteiger partial charge in [-0.15, -0.1) is 16.5 Å². The third kappa shape index (κ3) is 3.99. The molecule has 0 unspecified atom stereocenters. The summed E-state index contributed by atoms with van der Waals surface area (Å²) < 4.78 is 8.00. The fourth-order valence-corrected chi connectivity index (χ4v) is 4.03. The van der Waals surface area contributed by atoms with Crippen LogP contribution in [0, 0.1) is 11.6 Å². The van der Waals surface area contributed by atoms with Gasteiger partial charge in [-0.2, -0.15) is 0 Å². The van der Waals surface area contributed by atoms with Crippen LogP contribution >= 0.6 is 47.8 Å². The Balaban J connectivity index is 2.45. The maximum atomic E-state index is 5.98. The second-order valence-corrected chi connectivity index (χ2v) is 7.69. The van der Waals surface area contributed by atoms with Crippen molar-refractivity contribution in [1.29, 1.82) is 0 Å². The molecule has 0 aliphatic carbocycles. The number of hydrogen-bond acceptors (Lipinski definition) is 4. The molecule has 0 aliphatic rings. The molecule has 0 bridgehead atoms. The average Bonchev–Trinajstić information content (AvgIpc) is 2.77. The van der Waals surface area contributed by atoms with Gasteiger partial charge in [-0.05, 0) is 63.0 Å².